The molecular formula is C25H25FN2O5. The van der Waals surface area contributed by atoms with Crippen molar-refractivity contribution in [1.82, 2.24) is 4.90 Å². The molecule has 7 nitrogen and oxygen atoms in total. The number of aliphatic hydroxyl groups excluding tert-OH is 1. The largest absolute Gasteiger partial charge is 0.466 e. The first kappa shape index (κ1) is 22.7. The number of rotatable bonds is 6. The summed E-state index contributed by atoms with van der Waals surface area (Å²) in [6, 6.07) is 14.1. The summed E-state index contributed by atoms with van der Waals surface area (Å²) in [7, 11) is 0. The third-order valence-electron chi connectivity index (χ3n) is 5.69. The van der Waals surface area contributed by atoms with Gasteiger partial charge in [0.25, 0.3) is 5.91 Å². The predicted molar refractivity (Wildman–Crippen MR) is 119 cm³/mol. The van der Waals surface area contributed by atoms with Gasteiger partial charge in [0.05, 0.1) is 18.2 Å². The fourth-order valence-corrected chi connectivity index (χ4v) is 4.02. The highest BCUT2D eigenvalue weighted by Crippen LogP contribution is 2.31. The first-order valence-corrected chi connectivity index (χ1v) is 10.6. The van der Waals surface area contributed by atoms with Gasteiger partial charge in [-0.05, 0) is 55.3 Å². The van der Waals surface area contributed by atoms with Crippen molar-refractivity contribution in [2.24, 2.45) is 0 Å². The fourth-order valence-electron chi connectivity index (χ4n) is 4.02. The first-order valence-electron chi connectivity index (χ1n) is 10.6. The van der Waals surface area contributed by atoms with Crippen LogP contribution in [-0.2, 0) is 16.1 Å². The molecule has 2 N–H and O–H groups in total. The van der Waals surface area contributed by atoms with Gasteiger partial charge in [0.1, 0.15) is 30.0 Å². The van der Waals surface area contributed by atoms with E-state index in [1.54, 1.807) is 61.2 Å². The number of hydrogen-bond acceptors (Lipinski definition) is 5. The normalized spacial score (nSPS) is 18.4. The molecule has 1 aliphatic rings. The van der Waals surface area contributed by atoms with Crippen molar-refractivity contribution in [2.75, 3.05) is 18.5 Å². The maximum absolute atomic E-state index is 13.2. The number of halogens is 1. The molecule has 1 aliphatic heterocycles. The number of amides is 2. The minimum Gasteiger partial charge on any atom is -0.466 e. The van der Waals surface area contributed by atoms with Crippen LogP contribution in [0.5, 0.6) is 0 Å². The maximum atomic E-state index is 13.2. The zero-order chi connectivity index (χ0) is 23.5. The minimum atomic E-state index is -0.603. The molecule has 172 valence electrons. The molecule has 2 atom stereocenters. The van der Waals surface area contributed by atoms with Gasteiger partial charge in [-0.3, -0.25) is 9.59 Å². The number of aryl methyl sites for hydroxylation is 2. The minimum absolute atomic E-state index is 0.125. The van der Waals surface area contributed by atoms with E-state index in [1.165, 1.54) is 12.1 Å². The van der Waals surface area contributed by atoms with Gasteiger partial charge < -0.3 is 24.5 Å². The monoisotopic (exact) mass is 452 g/mol. The first-order chi connectivity index (χ1) is 15.9. The Balaban J connectivity index is 1.49. The van der Waals surface area contributed by atoms with Crippen LogP contribution in [0.4, 0.5) is 10.1 Å². The van der Waals surface area contributed by atoms with Crippen LogP contribution in [0, 0.1) is 19.7 Å². The molecule has 1 aromatic heterocycles. The predicted octanol–water partition coefficient (Wildman–Crippen LogP) is 3.75. The van der Waals surface area contributed by atoms with Crippen molar-refractivity contribution >= 4 is 17.5 Å². The number of carbonyl (C=O) groups is 2. The summed E-state index contributed by atoms with van der Waals surface area (Å²) in [6.45, 7) is 3.33. The Labute approximate surface area is 190 Å². The molecular weight excluding hydrogens is 427 g/mol. The lowest BCUT2D eigenvalue weighted by Gasteiger charge is -2.40. The van der Waals surface area contributed by atoms with Gasteiger partial charge in [-0.25, -0.2) is 4.39 Å². The van der Waals surface area contributed by atoms with Crippen molar-refractivity contribution < 1.29 is 28.2 Å². The fraction of sp³-hybridized carbons (Fsp3) is 0.280. The Bertz CT molecular complexity index is 1140. The van der Waals surface area contributed by atoms with E-state index in [1.807, 2.05) is 0 Å². The lowest BCUT2D eigenvalue weighted by atomic mass is 9.98. The van der Waals surface area contributed by atoms with E-state index in [9.17, 15) is 19.1 Å². The van der Waals surface area contributed by atoms with E-state index in [0.717, 1.165) is 11.1 Å². The molecule has 4 rings (SSSR count). The second-order valence-electron chi connectivity index (χ2n) is 8.03. The van der Waals surface area contributed by atoms with Crippen LogP contribution < -0.4 is 5.32 Å². The summed E-state index contributed by atoms with van der Waals surface area (Å²) in [5, 5.41) is 12.9. The van der Waals surface area contributed by atoms with Crippen molar-refractivity contribution in [3.05, 3.63) is 88.6 Å². The molecule has 2 heterocycles. The third kappa shape index (κ3) is 4.97. The molecule has 1 saturated heterocycles. The number of nitrogens with one attached hydrogen (secondary N) is 1. The molecule has 0 bridgehead atoms. The van der Waals surface area contributed by atoms with Gasteiger partial charge in [-0.2, -0.15) is 0 Å². The highest BCUT2D eigenvalue weighted by Gasteiger charge is 2.37. The number of nitrogens with zero attached hydrogens (tertiary/aromatic N) is 1. The van der Waals surface area contributed by atoms with Crippen LogP contribution in [0.25, 0.3) is 0 Å². The van der Waals surface area contributed by atoms with Crippen LogP contribution in [0.2, 0.25) is 0 Å². The highest BCUT2D eigenvalue weighted by molar-refractivity contribution is 6.05. The number of ether oxygens (including phenoxy) is 1. The van der Waals surface area contributed by atoms with Gasteiger partial charge in [0.15, 0.2) is 0 Å². The van der Waals surface area contributed by atoms with Gasteiger partial charge in [-0.15, -0.1) is 0 Å². The van der Waals surface area contributed by atoms with E-state index in [-0.39, 0.29) is 37.4 Å². The molecule has 2 aromatic carbocycles. The summed E-state index contributed by atoms with van der Waals surface area (Å²) < 4.78 is 24.4. The SMILES string of the molecule is Cc1cc(C(=O)Nc2ccc(C3OCC(=O)N(Cc4ccc(F)cc4)C3CO)cc2)c(C)o1. The highest BCUT2D eigenvalue weighted by atomic mass is 19.1. The summed E-state index contributed by atoms with van der Waals surface area (Å²) in [6.07, 6.45) is -0.545. The second-order valence-corrected chi connectivity index (χ2v) is 8.03. The van der Waals surface area contributed by atoms with Gasteiger partial charge >= 0.3 is 0 Å². The number of hydrogen-bond donors (Lipinski definition) is 2. The molecule has 8 heteroatoms. The Morgan fingerprint density at radius 3 is 2.45 bits per heavy atom. The average molecular weight is 452 g/mol. The van der Waals surface area contributed by atoms with Gasteiger partial charge in [-0.1, -0.05) is 24.3 Å². The zero-order valence-electron chi connectivity index (χ0n) is 18.4. The maximum Gasteiger partial charge on any atom is 0.259 e. The average Bonchev–Trinajstić information content (AvgIpc) is 3.15. The zero-order valence-corrected chi connectivity index (χ0v) is 18.4. The smallest absolute Gasteiger partial charge is 0.259 e. The summed E-state index contributed by atoms with van der Waals surface area (Å²) in [4.78, 5) is 26.6. The van der Waals surface area contributed by atoms with Crippen molar-refractivity contribution in [3.63, 3.8) is 0 Å². The summed E-state index contributed by atoms with van der Waals surface area (Å²) in [5.74, 6) is 0.347. The Morgan fingerprint density at radius 1 is 1.15 bits per heavy atom. The Kier molecular flexibility index (Phi) is 6.57. The van der Waals surface area contributed by atoms with Crippen LogP contribution in [0.15, 0.2) is 59.0 Å². The van der Waals surface area contributed by atoms with Crippen LogP contribution in [0.3, 0.4) is 0 Å². The van der Waals surface area contributed by atoms with Crippen LogP contribution >= 0.6 is 0 Å². The summed E-state index contributed by atoms with van der Waals surface area (Å²) in [5.41, 5.74) is 2.59. The molecule has 0 spiro atoms. The Hall–Kier alpha value is -3.49. The van der Waals surface area contributed by atoms with Crippen molar-refractivity contribution in [1.29, 1.82) is 0 Å². The molecule has 0 aliphatic carbocycles. The van der Waals surface area contributed by atoms with E-state index in [0.29, 0.717) is 22.8 Å². The molecule has 2 amide bonds. The van der Waals surface area contributed by atoms with Crippen LogP contribution in [-0.4, -0.2) is 41.1 Å². The second kappa shape index (κ2) is 9.56. The van der Waals surface area contributed by atoms with Crippen molar-refractivity contribution in [3.8, 4) is 0 Å². The third-order valence-corrected chi connectivity index (χ3v) is 5.69. The number of carbonyl (C=O) groups excluding carboxylic acids is 2. The molecule has 2 unspecified atom stereocenters. The number of morpholine rings is 1. The summed E-state index contributed by atoms with van der Waals surface area (Å²) >= 11 is 0. The number of aliphatic hydroxyl groups is 1. The standard InChI is InChI=1S/C25H25FN2O5/c1-15-11-21(16(2)33-15)25(31)27-20-9-5-18(6-10-20)24-22(13-29)28(23(30)14-32-24)12-17-3-7-19(26)8-4-17/h3-11,22,24,29H,12-14H2,1-2H3,(H,27,31). The molecule has 0 saturated carbocycles. The van der Waals surface area contributed by atoms with Gasteiger partial charge in [0.2, 0.25) is 5.91 Å². The number of furan rings is 1. The van der Waals surface area contributed by atoms with E-state index in [4.69, 9.17) is 9.15 Å². The van der Waals surface area contributed by atoms with Gasteiger partial charge in [0, 0.05) is 12.2 Å². The molecule has 0 radical (unpaired) electrons. The number of benzene rings is 2. The number of anilines is 1. The lowest BCUT2D eigenvalue weighted by Crippen LogP contribution is -2.52. The van der Waals surface area contributed by atoms with E-state index < -0.39 is 12.1 Å². The van der Waals surface area contributed by atoms with Crippen molar-refractivity contribution in [2.45, 2.75) is 32.5 Å². The molecule has 3 aromatic rings. The Morgan fingerprint density at radius 2 is 1.85 bits per heavy atom. The lowest BCUT2D eigenvalue weighted by molar-refractivity contribution is -0.162. The van der Waals surface area contributed by atoms with E-state index in [2.05, 4.69) is 5.32 Å². The molecule has 33 heavy (non-hydrogen) atoms. The molecule has 1 fully saturated rings. The quantitative estimate of drug-likeness (QED) is 0.594. The van der Waals surface area contributed by atoms with E-state index >= 15 is 0 Å². The van der Waals surface area contributed by atoms with Crippen LogP contribution in [0.1, 0.15) is 39.1 Å². The topological polar surface area (TPSA) is 92.0 Å².